The number of allylic oxidation sites excluding steroid dienone is 1. The lowest BCUT2D eigenvalue weighted by atomic mass is 9.74. The maximum atomic E-state index is 15.1. The molecule has 3 amide bonds. The van der Waals surface area contributed by atoms with Crippen molar-refractivity contribution in [2.24, 2.45) is 11.8 Å². The van der Waals surface area contributed by atoms with Crippen LogP contribution in [0.15, 0.2) is 78.9 Å². The van der Waals surface area contributed by atoms with E-state index in [1.807, 2.05) is 72.8 Å². The van der Waals surface area contributed by atoms with Gasteiger partial charge in [0.05, 0.1) is 18.6 Å². The van der Waals surface area contributed by atoms with Gasteiger partial charge in [0.25, 0.3) is 5.91 Å². The third-order valence-electron chi connectivity index (χ3n) is 10.7. The van der Waals surface area contributed by atoms with E-state index in [9.17, 15) is 19.5 Å². The smallest absolute Gasteiger partial charge is 0.313 e. The number of hydrogen-bond donors (Lipinski definition) is 2. The molecule has 2 aromatic rings. The van der Waals surface area contributed by atoms with Gasteiger partial charge in [-0.25, -0.2) is 0 Å². The molecule has 272 valence electrons. The Labute approximate surface area is 300 Å². The first kappa shape index (κ1) is 36.3. The van der Waals surface area contributed by atoms with Crippen LogP contribution >= 0.6 is 0 Å². The van der Waals surface area contributed by atoms with Crippen LogP contribution in [-0.4, -0.2) is 90.8 Å². The minimum atomic E-state index is -1.35. The van der Waals surface area contributed by atoms with Gasteiger partial charge in [-0.3, -0.25) is 19.2 Å². The summed E-state index contributed by atoms with van der Waals surface area (Å²) in [4.78, 5) is 62.2. The molecule has 0 saturated carbocycles. The number of aliphatic hydroxyl groups is 1. The number of rotatable bonds is 11. The Hall–Kier alpha value is -4.48. The van der Waals surface area contributed by atoms with Crippen LogP contribution in [0.2, 0.25) is 0 Å². The lowest BCUT2D eigenvalue weighted by Gasteiger charge is -2.36. The maximum absolute atomic E-state index is 15.1. The Kier molecular flexibility index (Phi) is 11.6. The van der Waals surface area contributed by atoms with Gasteiger partial charge in [0.2, 0.25) is 11.8 Å². The molecule has 11 nitrogen and oxygen atoms in total. The molecule has 0 aromatic heterocycles. The Balaban J connectivity index is 1.39. The van der Waals surface area contributed by atoms with Crippen molar-refractivity contribution >= 4 is 35.1 Å². The zero-order valence-corrected chi connectivity index (χ0v) is 29.6. The molecule has 11 heteroatoms. The van der Waals surface area contributed by atoms with E-state index in [0.717, 1.165) is 37.2 Å². The van der Waals surface area contributed by atoms with Crippen LogP contribution in [0.1, 0.15) is 64.0 Å². The number of nitrogens with zero attached hydrogens (tertiary/aromatic N) is 3. The molecule has 51 heavy (non-hydrogen) atoms. The van der Waals surface area contributed by atoms with Crippen LogP contribution in [0.4, 0.5) is 11.4 Å². The van der Waals surface area contributed by atoms with Gasteiger partial charge in [-0.05, 0) is 62.9 Å². The number of benzene rings is 2. The number of fused-ring (bicyclic) bond motifs is 2. The van der Waals surface area contributed by atoms with E-state index in [-0.39, 0.29) is 43.8 Å². The van der Waals surface area contributed by atoms with Gasteiger partial charge in [-0.15, -0.1) is 0 Å². The van der Waals surface area contributed by atoms with E-state index in [2.05, 4.69) is 24.1 Å². The van der Waals surface area contributed by atoms with Gasteiger partial charge >= 0.3 is 5.97 Å². The van der Waals surface area contributed by atoms with Crippen LogP contribution in [0, 0.1) is 11.8 Å². The summed E-state index contributed by atoms with van der Waals surface area (Å²) in [7, 11) is 0. The average molecular weight is 699 g/mol. The highest BCUT2D eigenvalue weighted by molar-refractivity contribution is 6.05. The van der Waals surface area contributed by atoms with E-state index >= 15 is 4.79 Å². The van der Waals surface area contributed by atoms with E-state index in [1.54, 1.807) is 15.9 Å². The van der Waals surface area contributed by atoms with Gasteiger partial charge in [-0.2, -0.15) is 0 Å². The van der Waals surface area contributed by atoms with Crippen molar-refractivity contribution in [1.82, 2.24) is 10.2 Å². The fraction of sp³-hybridized carbons (Fsp3) is 0.500. The molecular weight excluding hydrogens is 648 g/mol. The monoisotopic (exact) mass is 698 g/mol. The first-order valence-corrected chi connectivity index (χ1v) is 18.4. The average Bonchev–Trinajstić information content (AvgIpc) is 3.79. The van der Waals surface area contributed by atoms with Gasteiger partial charge in [0, 0.05) is 50.6 Å². The molecule has 2 fully saturated rings. The van der Waals surface area contributed by atoms with Crippen molar-refractivity contribution in [3.8, 4) is 0 Å². The number of hydrogen-bond acceptors (Lipinski definition) is 8. The minimum Gasteiger partial charge on any atom is -0.455 e. The fourth-order valence-corrected chi connectivity index (χ4v) is 8.03. The van der Waals surface area contributed by atoms with E-state index in [1.165, 1.54) is 0 Å². The van der Waals surface area contributed by atoms with E-state index in [4.69, 9.17) is 9.47 Å². The largest absolute Gasteiger partial charge is 0.455 e. The second kappa shape index (κ2) is 16.2. The van der Waals surface area contributed by atoms with Crippen LogP contribution in [0.3, 0.4) is 0 Å². The molecule has 2 aromatic carbocycles. The molecule has 1 spiro atoms. The molecule has 4 aliphatic heterocycles. The van der Waals surface area contributed by atoms with Crippen molar-refractivity contribution in [3.05, 3.63) is 84.5 Å². The SMILES string of the molecule is CCN(CC)c1ccc(N2C/C=C\CCC(=O)NC[C@@H](c3ccccc3)OC(=O)[C@@H]3[C@@H]4C=C[C@]5(O4)[C@H](C2=O)N(CCCCCCO)C(=O)[C@@H]35)cc1. The predicted octanol–water partition coefficient (Wildman–Crippen LogP) is 4.32. The first-order chi connectivity index (χ1) is 24.8. The van der Waals surface area contributed by atoms with Crippen molar-refractivity contribution in [2.45, 2.75) is 76.2 Å². The van der Waals surface area contributed by atoms with Gasteiger partial charge in [0.1, 0.15) is 23.7 Å². The predicted molar refractivity (Wildman–Crippen MR) is 194 cm³/mol. The number of likely N-dealkylation sites (tertiary alicyclic amines) is 1. The second-order valence-electron chi connectivity index (χ2n) is 13.7. The summed E-state index contributed by atoms with van der Waals surface area (Å²) in [5.41, 5.74) is 1.08. The van der Waals surface area contributed by atoms with Crippen molar-refractivity contribution in [1.29, 1.82) is 0 Å². The Morgan fingerprint density at radius 3 is 2.39 bits per heavy atom. The quantitative estimate of drug-likeness (QED) is 0.202. The molecular formula is C40H50N4O7. The van der Waals surface area contributed by atoms with Crippen molar-refractivity contribution < 1.29 is 33.8 Å². The number of carbonyl (C=O) groups is 4. The van der Waals surface area contributed by atoms with Crippen molar-refractivity contribution in [3.63, 3.8) is 0 Å². The summed E-state index contributed by atoms with van der Waals surface area (Å²) in [5.74, 6) is -3.30. The van der Waals surface area contributed by atoms with Gasteiger partial charge < -0.3 is 34.6 Å². The molecule has 4 heterocycles. The Bertz CT molecular complexity index is 1610. The number of amides is 3. The maximum Gasteiger partial charge on any atom is 0.313 e. The normalized spacial score (nSPS) is 28.5. The van der Waals surface area contributed by atoms with Crippen LogP contribution in [-0.2, 0) is 28.7 Å². The lowest BCUT2D eigenvalue weighted by Crippen LogP contribution is -2.56. The Morgan fingerprint density at radius 1 is 0.922 bits per heavy atom. The lowest BCUT2D eigenvalue weighted by molar-refractivity contribution is -0.159. The van der Waals surface area contributed by atoms with Crippen LogP contribution < -0.4 is 15.1 Å². The molecule has 6 atom stereocenters. The zero-order valence-electron chi connectivity index (χ0n) is 29.6. The Morgan fingerprint density at radius 2 is 1.67 bits per heavy atom. The molecule has 5 bridgehead atoms. The highest BCUT2D eigenvalue weighted by Gasteiger charge is 2.73. The molecule has 0 radical (unpaired) electrons. The summed E-state index contributed by atoms with van der Waals surface area (Å²) >= 11 is 0. The number of aliphatic hydroxyl groups excluding tert-OH is 1. The molecule has 6 rings (SSSR count). The number of ether oxygens (including phenoxy) is 2. The topological polar surface area (TPSA) is 129 Å². The molecule has 0 unspecified atom stereocenters. The van der Waals surface area contributed by atoms with E-state index < -0.39 is 41.7 Å². The third kappa shape index (κ3) is 7.32. The number of esters is 1. The minimum absolute atomic E-state index is 0.0779. The summed E-state index contributed by atoms with van der Waals surface area (Å²) in [5, 5.41) is 12.2. The molecule has 2 saturated heterocycles. The van der Waals surface area contributed by atoms with Gasteiger partial charge in [-0.1, -0.05) is 67.5 Å². The summed E-state index contributed by atoms with van der Waals surface area (Å²) in [6.45, 7) is 6.59. The highest BCUT2D eigenvalue weighted by Crippen LogP contribution is 2.56. The summed E-state index contributed by atoms with van der Waals surface area (Å²) < 4.78 is 12.8. The van der Waals surface area contributed by atoms with E-state index in [0.29, 0.717) is 31.5 Å². The van der Waals surface area contributed by atoms with Crippen LogP contribution in [0.5, 0.6) is 0 Å². The van der Waals surface area contributed by atoms with Gasteiger partial charge in [0.15, 0.2) is 0 Å². The third-order valence-corrected chi connectivity index (χ3v) is 10.7. The zero-order chi connectivity index (χ0) is 36.0. The molecule has 2 N–H and O–H groups in total. The highest BCUT2D eigenvalue weighted by atomic mass is 16.6. The summed E-state index contributed by atoms with van der Waals surface area (Å²) in [6, 6.07) is 16.1. The second-order valence-corrected chi connectivity index (χ2v) is 13.7. The summed E-state index contributed by atoms with van der Waals surface area (Å²) in [6.07, 6.45) is 9.43. The molecule has 0 aliphatic carbocycles. The number of cyclic esters (lactones) is 1. The number of carbonyl (C=O) groups excluding carboxylic acids is 4. The standard InChI is InChI=1S/C40H50N4O7/c1-3-42(4-2)29-18-20-30(21-19-29)43-24-13-8-11-17-33(46)41-27-32(28-15-9-7-10-16-28)50-39(49)34-31-22-23-40(51-31)35(34)37(47)44(36(40)38(43)48)25-12-5-6-14-26-45/h7-10,13,15-16,18-23,31-32,34-36,45H,3-6,11-12,14,17,24-27H2,1-2H3,(H,41,46)/b13-8-/t31-,32-,34+,35+,36-,40+/m0/s1. The fourth-order valence-electron chi connectivity index (χ4n) is 8.03. The van der Waals surface area contributed by atoms with Crippen LogP contribution in [0.25, 0.3) is 0 Å². The van der Waals surface area contributed by atoms with Crippen molar-refractivity contribution in [2.75, 3.05) is 49.1 Å². The number of anilines is 2. The number of unbranched alkanes of at least 4 members (excludes halogenated alkanes) is 3. The molecule has 4 aliphatic rings. The first-order valence-electron chi connectivity index (χ1n) is 18.4. The number of nitrogens with one attached hydrogen (secondary N) is 1.